The summed E-state index contributed by atoms with van der Waals surface area (Å²) in [6.45, 7) is 10.1. The zero-order valence-corrected chi connectivity index (χ0v) is 23.1. The van der Waals surface area contributed by atoms with Gasteiger partial charge in [0, 0.05) is 44.9 Å². The van der Waals surface area contributed by atoms with Crippen LogP contribution in [-0.4, -0.2) is 58.7 Å². The normalized spacial score (nSPS) is 12.5. The van der Waals surface area contributed by atoms with Crippen LogP contribution in [-0.2, 0) is 22.7 Å². The van der Waals surface area contributed by atoms with E-state index in [0.29, 0.717) is 31.3 Å². The lowest BCUT2D eigenvalue weighted by Gasteiger charge is -2.32. The summed E-state index contributed by atoms with van der Waals surface area (Å²) in [5, 5.41) is 10.7. The highest BCUT2D eigenvalue weighted by atomic mass is 16.5. The second-order valence-electron chi connectivity index (χ2n) is 10.1. The van der Waals surface area contributed by atoms with Crippen LogP contribution >= 0.6 is 0 Å². The van der Waals surface area contributed by atoms with Gasteiger partial charge in [-0.05, 0) is 55.2 Å². The number of anilines is 1. The van der Waals surface area contributed by atoms with Crippen LogP contribution in [0.4, 0.5) is 5.69 Å². The summed E-state index contributed by atoms with van der Waals surface area (Å²) < 4.78 is 5.12. The lowest BCUT2D eigenvalue weighted by atomic mass is 10.1. The van der Waals surface area contributed by atoms with Crippen molar-refractivity contribution in [2.45, 2.75) is 67.5 Å². The van der Waals surface area contributed by atoms with Gasteiger partial charge >= 0.3 is 0 Å². The molecule has 210 valence electrons. The number of carbonyl (C=O) groups is 2. The van der Waals surface area contributed by atoms with E-state index >= 15 is 0 Å². The summed E-state index contributed by atoms with van der Waals surface area (Å²) in [4.78, 5) is 32.5. The van der Waals surface area contributed by atoms with Crippen molar-refractivity contribution >= 4 is 17.5 Å². The molecule has 0 aliphatic carbocycles. The summed E-state index contributed by atoms with van der Waals surface area (Å²) >= 11 is 0. The topological polar surface area (TPSA) is 94.8 Å². The van der Waals surface area contributed by atoms with E-state index in [-0.39, 0.29) is 32.3 Å². The first kappa shape index (κ1) is 29.8. The number of nitrogens with zero attached hydrogens (tertiary/aromatic N) is 5. The first-order valence-corrected chi connectivity index (χ1v) is 13.3. The van der Waals surface area contributed by atoms with E-state index in [1.165, 1.54) is 16.7 Å². The van der Waals surface area contributed by atoms with Crippen molar-refractivity contribution in [1.29, 1.82) is 0 Å². The number of unbranched alkanes of at least 4 members (excludes halogenated alkanes) is 2. The molecule has 0 atom stereocenters. The Morgan fingerprint density at radius 2 is 1.79 bits per heavy atom. The number of amides is 2. The molecule has 0 fully saturated rings. The van der Waals surface area contributed by atoms with E-state index in [1.807, 2.05) is 35.0 Å². The van der Waals surface area contributed by atoms with E-state index in [0.717, 1.165) is 36.1 Å². The van der Waals surface area contributed by atoms with Gasteiger partial charge in [0.15, 0.2) is 0 Å². The number of hydrazine groups is 1. The van der Waals surface area contributed by atoms with Crippen LogP contribution in [0.15, 0.2) is 40.9 Å². The first-order valence-electron chi connectivity index (χ1n) is 13.3. The fourth-order valence-electron chi connectivity index (χ4n) is 4.76. The van der Waals surface area contributed by atoms with Crippen LogP contribution in [0.25, 0.3) is 11.4 Å². The molecule has 9 nitrogen and oxygen atoms in total. The van der Waals surface area contributed by atoms with Crippen molar-refractivity contribution in [3.63, 3.8) is 0 Å². The summed E-state index contributed by atoms with van der Waals surface area (Å²) in [6.07, 6.45) is 3.10. The third kappa shape index (κ3) is 7.44. The minimum absolute atomic E-state index is 0. The molecule has 0 saturated carbocycles. The highest BCUT2D eigenvalue weighted by Gasteiger charge is 2.27. The molecule has 1 aliphatic heterocycles. The standard InChI is InChI=1S/C29H38N6O3.CH4/c1-6-7-8-13-30-27(36)18-34(26-12-11-23(15-21(26)3)29-31-22(4)38-32-29)19-28(37)33(5)35-16-24-10-9-20(2)14-25(24)17-35;/h9-12,14-15H,6-8,13,16-19H2,1-5H3,(H,30,36);1H4. The molecule has 3 aromatic rings. The Balaban J connectivity index is 0.00000420. The maximum atomic E-state index is 13.5. The lowest BCUT2D eigenvalue weighted by molar-refractivity contribution is -0.145. The molecule has 0 saturated heterocycles. The van der Waals surface area contributed by atoms with Gasteiger partial charge in [-0.2, -0.15) is 4.98 Å². The molecule has 2 amide bonds. The van der Waals surface area contributed by atoms with Crippen molar-refractivity contribution in [1.82, 2.24) is 25.5 Å². The van der Waals surface area contributed by atoms with Gasteiger partial charge in [-0.15, -0.1) is 0 Å². The predicted octanol–water partition coefficient (Wildman–Crippen LogP) is 4.80. The Morgan fingerprint density at radius 3 is 2.49 bits per heavy atom. The van der Waals surface area contributed by atoms with Crippen LogP contribution in [0, 0.1) is 20.8 Å². The summed E-state index contributed by atoms with van der Waals surface area (Å²) in [5.74, 6) is 0.830. The smallest absolute Gasteiger partial charge is 0.256 e. The quantitative estimate of drug-likeness (QED) is 0.353. The summed E-state index contributed by atoms with van der Waals surface area (Å²) in [6, 6.07) is 12.2. The highest BCUT2D eigenvalue weighted by Crippen LogP contribution is 2.27. The zero-order valence-electron chi connectivity index (χ0n) is 23.1. The maximum Gasteiger partial charge on any atom is 0.256 e. The van der Waals surface area contributed by atoms with Gasteiger partial charge in [-0.3, -0.25) is 14.6 Å². The minimum Gasteiger partial charge on any atom is -0.355 e. The van der Waals surface area contributed by atoms with Gasteiger partial charge in [0.05, 0.1) is 13.1 Å². The number of aromatic nitrogens is 2. The number of hydrogen-bond donors (Lipinski definition) is 1. The van der Waals surface area contributed by atoms with Gasteiger partial charge in [-0.25, -0.2) is 5.01 Å². The molecule has 0 spiro atoms. The number of likely N-dealkylation sites (N-methyl/N-ethyl adjacent to an activating group) is 1. The molecule has 39 heavy (non-hydrogen) atoms. The van der Waals surface area contributed by atoms with Gasteiger partial charge in [0.25, 0.3) is 5.91 Å². The zero-order chi connectivity index (χ0) is 27.2. The molecule has 1 aromatic heterocycles. The molecular weight excluding hydrogens is 492 g/mol. The minimum atomic E-state index is -0.0992. The maximum absolute atomic E-state index is 13.5. The van der Waals surface area contributed by atoms with Crippen LogP contribution in [0.3, 0.4) is 0 Å². The number of benzene rings is 2. The SMILES string of the molecule is C.CCCCCNC(=O)CN(CC(=O)N(C)N1Cc2ccc(C)cc2C1)c1ccc(-c2noc(C)n2)cc1C. The number of hydrogen-bond acceptors (Lipinski definition) is 7. The van der Waals surface area contributed by atoms with E-state index in [2.05, 4.69) is 47.5 Å². The Morgan fingerprint density at radius 1 is 1.03 bits per heavy atom. The molecule has 2 aromatic carbocycles. The molecule has 0 radical (unpaired) electrons. The number of nitrogens with one attached hydrogen (secondary N) is 1. The van der Waals surface area contributed by atoms with E-state index < -0.39 is 0 Å². The fourth-order valence-corrected chi connectivity index (χ4v) is 4.76. The number of aryl methyl sites for hydroxylation is 3. The van der Waals surface area contributed by atoms with Crippen LogP contribution in [0.5, 0.6) is 0 Å². The molecule has 0 unspecified atom stereocenters. The monoisotopic (exact) mass is 534 g/mol. The lowest BCUT2D eigenvalue weighted by Crippen LogP contribution is -2.48. The van der Waals surface area contributed by atoms with Crippen molar-refractivity contribution < 1.29 is 14.1 Å². The average molecular weight is 535 g/mol. The van der Waals surface area contributed by atoms with Gasteiger partial charge in [0.2, 0.25) is 17.6 Å². The van der Waals surface area contributed by atoms with Crippen molar-refractivity contribution in [3.05, 3.63) is 64.5 Å². The predicted molar refractivity (Wildman–Crippen MR) is 154 cm³/mol. The van der Waals surface area contributed by atoms with Crippen molar-refractivity contribution in [3.8, 4) is 11.4 Å². The van der Waals surface area contributed by atoms with Gasteiger partial charge < -0.3 is 14.7 Å². The Kier molecular flexibility index (Phi) is 10.2. The van der Waals surface area contributed by atoms with Crippen LogP contribution in [0.1, 0.15) is 61.8 Å². The molecule has 2 heterocycles. The molecule has 0 bridgehead atoms. The third-order valence-corrected chi connectivity index (χ3v) is 6.94. The average Bonchev–Trinajstić information content (AvgIpc) is 3.51. The van der Waals surface area contributed by atoms with Crippen LogP contribution < -0.4 is 10.2 Å². The number of fused-ring (bicyclic) bond motifs is 1. The molecular formula is C30H42N6O3. The molecule has 1 aliphatic rings. The Hall–Kier alpha value is -3.72. The third-order valence-electron chi connectivity index (χ3n) is 6.94. The molecule has 4 rings (SSSR count). The second kappa shape index (κ2) is 13.4. The van der Waals surface area contributed by atoms with Crippen LogP contribution in [0.2, 0.25) is 0 Å². The van der Waals surface area contributed by atoms with E-state index in [1.54, 1.807) is 19.0 Å². The highest BCUT2D eigenvalue weighted by molar-refractivity contribution is 5.87. The van der Waals surface area contributed by atoms with Crippen molar-refractivity contribution in [2.75, 3.05) is 31.6 Å². The fraction of sp³-hybridized carbons (Fsp3) is 0.467. The Bertz CT molecular complexity index is 1290. The first-order chi connectivity index (χ1) is 18.2. The second-order valence-corrected chi connectivity index (χ2v) is 10.1. The largest absolute Gasteiger partial charge is 0.355 e. The molecule has 1 N–H and O–H groups in total. The summed E-state index contributed by atoms with van der Waals surface area (Å²) in [5.41, 5.74) is 6.26. The van der Waals surface area contributed by atoms with Crippen molar-refractivity contribution in [2.24, 2.45) is 0 Å². The molecule has 9 heteroatoms. The number of rotatable bonds is 11. The summed E-state index contributed by atoms with van der Waals surface area (Å²) in [7, 11) is 1.80. The van der Waals surface area contributed by atoms with E-state index in [9.17, 15) is 9.59 Å². The Labute approximate surface area is 232 Å². The van der Waals surface area contributed by atoms with E-state index in [4.69, 9.17) is 4.52 Å². The number of carbonyl (C=O) groups excluding carboxylic acids is 2. The van der Waals surface area contributed by atoms with Gasteiger partial charge in [0.1, 0.15) is 0 Å². The van der Waals surface area contributed by atoms with Gasteiger partial charge in [-0.1, -0.05) is 56.1 Å².